The lowest BCUT2D eigenvalue weighted by Gasteiger charge is -2.36. The average molecular weight is 601 g/mol. The fourth-order valence-corrected chi connectivity index (χ4v) is 5.81. The molecule has 1 atom stereocenters. The Labute approximate surface area is 260 Å². The van der Waals surface area contributed by atoms with E-state index >= 15 is 0 Å². The molecule has 2 saturated heterocycles. The Morgan fingerprint density at radius 3 is 2.50 bits per heavy atom. The number of hydrogen-bond donors (Lipinski definition) is 3. The van der Waals surface area contributed by atoms with Gasteiger partial charge >= 0.3 is 12.1 Å². The first-order valence-electron chi connectivity index (χ1n) is 15.6. The van der Waals surface area contributed by atoms with Crippen molar-refractivity contribution in [3.8, 4) is 5.75 Å². The van der Waals surface area contributed by atoms with E-state index in [-0.39, 0.29) is 6.03 Å². The van der Waals surface area contributed by atoms with Gasteiger partial charge in [0.25, 0.3) is 0 Å². The molecule has 0 aromatic heterocycles. The lowest BCUT2D eigenvalue weighted by molar-refractivity contribution is 0.137. The summed E-state index contributed by atoms with van der Waals surface area (Å²) in [7, 11) is 0. The number of para-hydroxylation sites is 2. The fraction of sp³-hybridized carbons (Fsp3) is 0.412. The van der Waals surface area contributed by atoms with Crippen LogP contribution in [-0.2, 0) is 11.3 Å². The maximum absolute atomic E-state index is 12.8. The molecule has 3 aromatic rings. The summed E-state index contributed by atoms with van der Waals surface area (Å²) >= 11 is 0. The lowest BCUT2D eigenvalue weighted by atomic mass is 10.2. The predicted octanol–water partition coefficient (Wildman–Crippen LogP) is 5.24. The van der Waals surface area contributed by atoms with Crippen molar-refractivity contribution in [3.63, 3.8) is 0 Å². The number of anilines is 3. The number of piperazine rings is 1. The van der Waals surface area contributed by atoms with Crippen LogP contribution in [0.25, 0.3) is 0 Å². The van der Waals surface area contributed by atoms with Gasteiger partial charge < -0.3 is 25.0 Å². The fourth-order valence-electron chi connectivity index (χ4n) is 5.81. The number of ether oxygens (including phenoxy) is 2. The number of likely N-dealkylation sites (tertiary alicyclic amines) is 1. The highest BCUT2D eigenvalue weighted by atomic mass is 16.5. The predicted molar refractivity (Wildman–Crippen MR) is 175 cm³/mol. The van der Waals surface area contributed by atoms with Gasteiger partial charge in [-0.15, -0.1) is 0 Å². The second-order valence-electron chi connectivity index (χ2n) is 11.2. The Morgan fingerprint density at radius 1 is 0.886 bits per heavy atom. The number of benzene rings is 3. The average Bonchev–Trinajstić information content (AvgIpc) is 3.49. The zero-order chi connectivity index (χ0) is 30.6. The summed E-state index contributed by atoms with van der Waals surface area (Å²) in [6.07, 6.45) is 1.76. The topological polar surface area (TPSA) is 98.4 Å². The molecule has 0 saturated carbocycles. The van der Waals surface area contributed by atoms with Crippen LogP contribution in [0, 0.1) is 0 Å². The first-order valence-corrected chi connectivity index (χ1v) is 15.6. The first kappa shape index (κ1) is 31.2. The van der Waals surface area contributed by atoms with E-state index in [0.29, 0.717) is 43.8 Å². The van der Waals surface area contributed by atoms with E-state index in [4.69, 9.17) is 9.47 Å². The molecular weight excluding hydrogens is 556 g/mol. The molecule has 2 fully saturated rings. The van der Waals surface area contributed by atoms with Gasteiger partial charge in [-0.05, 0) is 62.2 Å². The Morgan fingerprint density at radius 2 is 1.68 bits per heavy atom. The van der Waals surface area contributed by atoms with Crippen LogP contribution in [0.1, 0.15) is 25.3 Å². The van der Waals surface area contributed by atoms with Gasteiger partial charge in [0.15, 0.2) is 0 Å². The van der Waals surface area contributed by atoms with Crippen molar-refractivity contribution in [2.75, 3.05) is 74.6 Å². The number of amides is 3. The number of hydrogen-bond acceptors (Lipinski definition) is 7. The van der Waals surface area contributed by atoms with Gasteiger partial charge in [0.1, 0.15) is 12.4 Å². The largest absolute Gasteiger partial charge is 0.492 e. The molecule has 10 nitrogen and oxygen atoms in total. The van der Waals surface area contributed by atoms with Gasteiger partial charge in [-0.2, -0.15) is 0 Å². The summed E-state index contributed by atoms with van der Waals surface area (Å²) < 4.78 is 11.0. The standard InChI is InChI=1S/C34H44N6O4/c1-2-43-32-16-7-6-15-31(32)37-34(42)44-23-22-38-18-20-39(21-19-38)29-13-8-12-28(24-29)36-33(41)35-25-30-14-9-17-40(30)26-27-10-4-3-5-11-27/h3-8,10-13,15-16,24,30H,2,9,14,17-23,25-26H2,1H3,(H,37,42)(H2,35,36,41). The number of nitrogens with one attached hydrogen (secondary N) is 3. The van der Waals surface area contributed by atoms with Crippen LogP contribution in [0.4, 0.5) is 26.7 Å². The van der Waals surface area contributed by atoms with Crippen LogP contribution in [0.15, 0.2) is 78.9 Å². The van der Waals surface area contributed by atoms with Crippen LogP contribution >= 0.6 is 0 Å². The zero-order valence-electron chi connectivity index (χ0n) is 25.5. The molecule has 5 rings (SSSR count). The Hall–Kier alpha value is -4.28. The molecule has 44 heavy (non-hydrogen) atoms. The van der Waals surface area contributed by atoms with E-state index < -0.39 is 6.09 Å². The molecule has 234 valence electrons. The van der Waals surface area contributed by atoms with Crippen LogP contribution in [-0.4, -0.2) is 87.0 Å². The monoisotopic (exact) mass is 600 g/mol. The van der Waals surface area contributed by atoms with E-state index in [0.717, 1.165) is 63.5 Å². The van der Waals surface area contributed by atoms with E-state index in [1.807, 2.05) is 49.4 Å². The van der Waals surface area contributed by atoms with Crippen molar-refractivity contribution in [1.82, 2.24) is 15.1 Å². The number of rotatable bonds is 12. The summed E-state index contributed by atoms with van der Waals surface area (Å²) in [6.45, 7) is 9.42. The zero-order valence-corrected chi connectivity index (χ0v) is 25.5. The highest BCUT2D eigenvalue weighted by molar-refractivity contribution is 5.90. The highest BCUT2D eigenvalue weighted by Gasteiger charge is 2.25. The maximum Gasteiger partial charge on any atom is 0.411 e. The third kappa shape index (κ3) is 9.11. The number of nitrogens with zero attached hydrogens (tertiary/aromatic N) is 3. The molecule has 3 aromatic carbocycles. The minimum absolute atomic E-state index is 0.177. The lowest BCUT2D eigenvalue weighted by Crippen LogP contribution is -2.47. The van der Waals surface area contributed by atoms with Crippen molar-refractivity contribution in [2.45, 2.75) is 32.4 Å². The van der Waals surface area contributed by atoms with Crippen molar-refractivity contribution in [1.29, 1.82) is 0 Å². The molecule has 1 unspecified atom stereocenters. The quantitative estimate of drug-likeness (QED) is 0.262. The summed E-state index contributed by atoms with van der Waals surface area (Å²) in [4.78, 5) is 32.1. The van der Waals surface area contributed by atoms with Gasteiger partial charge in [0.2, 0.25) is 0 Å². The van der Waals surface area contributed by atoms with E-state index in [1.165, 1.54) is 5.56 Å². The van der Waals surface area contributed by atoms with Crippen LogP contribution in [0.5, 0.6) is 5.75 Å². The molecule has 3 N–H and O–H groups in total. The van der Waals surface area contributed by atoms with E-state index in [1.54, 1.807) is 6.07 Å². The normalized spacial score (nSPS) is 17.2. The minimum Gasteiger partial charge on any atom is -0.492 e. The molecule has 0 radical (unpaired) electrons. The molecule has 3 amide bonds. The van der Waals surface area contributed by atoms with Gasteiger partial charge in [-0.3, -0.25) is 15.1 Å². The van der Waals surface area contributed by atoms with Crippen LogP contribution in [0.2, 0.25) is 0 Å². The smallest absolute Gasteiger partial charge is 0.411 e. The molecule has 0 aliphatic carbocycles. The number of carbonyl (C=O) groups is 2. The minimum atomic E-state index is -0.489. The summed E-state index contributed by atoms with van der Waals surface area (Å²) in [5, 5.41) is 8.86. The Bertz CT molecular complexity index is 1350. The number of carbonyl (C=O) groups excluding carboxylic acids is 2. The summed E-state index contributed by atoms with van der Waals surface area (Å²) in [5.74, 6) is 0.623. The second-order valence-corrected chi connectivity index (χ2v) is 11.2. The SMILES string of the molecule is CCOc1ccccc1NC(=O)OCCN1CCN(c2cccc(NC(=O)NCC3CCCN3Cc3ccccc3)c2)CC1. The Balaban J connectivity index is 1.01. The molecule has 2 aliphatic heterocycles. The van der Waals surface area contributed by atoms with Gasteiger partial charge in [0.05, 0.1) is 12.3 Å². The molecular formula is C34H44N6O4. The molecule has 2 aliphatic rings. The third-order valence-electron chi connectivity index (χ3n) is 8.13. The van der Waals surface area contributed by atoms with E-state index in [2.05, 4.69) is 61.0 Å². The van der Waals surface area contributed by atoms with Gasteiger partial charge in [-0.25, -0.2) is 9.59 Å². The van der Waals surface area contributed by atoms with Crippen molar-refractivity contribution < 1.29 is 19.1 Å². The Kier molecular flexibility index (Phi) is 11.3. The van der Waals surface area contributed by atoms with Crippen molar-refractivity contribution >= 4 is 29.2 Å². The van der Waals surface area contributed by atoms with Crippen LogP contribution in [0.3, 0.4) is 0 Å². The number of urea groups is 1. The van der Waals surface area contributed by atoms with Crippen molar-refractivity contribution in [3.05, 3.63) is 84.4 Å². The van der Waals surface area contributed by atoms with E-state index in [9.17, 15) is 9.59 Å². The molecule has 0 bridgehead atoms. The second kappa shape index (κ2) is 16.0. The van der Waals surface area contributed by atoms with Crippen LogP contribution < -0.4 is 25.6 Å². The third-order valence-corrected chi connectivity index (χ3v) is 8.13. The molecule has 10 heteroatoms. The summed E-state index contributed by atoms with van der Waals surface area (Å²) in [6, 6.07) is 26.0. The summed E-state index contributed by atoms with van der Waals surface area (Å²) in [5.41, 5.74) is 3.76. The van der Waals surface area contributed by atoms with Crippen molar-refractivity contribution in [2.24, 2.45) is 0 Å². The first-order chi connectivity index (χ1) is 21.6. The molecule has 0 spiro atoms. The molecule has 2 heterocycles. The van der Waals surface area contributed by atoms with Gasteiger partial charge in [0, 0.05) is 63.2 Å². The van der Waals surface area contributed by atoms with Gasteiger partial charge in [-0.1, -0.05) is 48.5 Å². The maximum atomic E-state index is 12.8. The highest BCUT2D eigenvalue weighted by Crippen LogP contribution is 2.24.